The first-order valence-corrected chi connectivity index (χ1v) is 7.04. The number of amides is 1. The zero-order valence-corrected chi connectivity index (χ0v) is 12.8. The van der Waals surface area contributed by atoms with Gasteiger partial charge in [-0.15, -0.1) is 0 Å². The van der Waals surface area contributed by atoms with Gasteiger partial charge in [0.2, 0.25) is 5.91 Å². The zero-order chi connectivity index (χ0) is 15.8. The van der Waals surface area contributed by atoms with Crippen LogP contribution in [-0.4, -0.2) is 37.2 Å². The molecule has 5 heteroatoms. The van der Waals surface area contributed by atoms with Crippen LogP contribution in [0.4, 0.5) is 0 Å². The minimum absolute atomic E-state index is 0.0429. The van der Waals surface area contributed by atoms with Crippen molar-refractivity contribution < 1.29 is 19.4 Å². The van der Waals surface area contributed by atoms with Crippen LogP contribution in [0.1, 0.15) is 30.9 Å². The highest BCUT2D eigenvalue weighted by atomic mass is 16.5. The number of ether oxygens (including phenoxy) is 1. The molecule has 116 valence electrons. The van der Waals surface area contributed by atoms with E-state index in [-0.39, 0.29) is 11.8 Å². The van der Waals surface area contributed by atoms with Crippen LogP contribution in [0.3, 0.4) is 0 Å². The Morgan fingerprint density at radius 3 is 2.38 bits per heavy atom. The van der Waals surface area contributed by atoms with Crippen molar-refractivity contribution in [3.63, 3.8) is 0 Å². The van der Waals surface area contributed by atoms with Gasteiger partial charge >= 0.3 is 5.97 Å². The molecule has 1 aromatic rings. The van der Waals surface area contributed by atoms with Crippen molar-refractivity contribution in [1.82, 2.24) is 5.32 Å². The standard InChI is InChI=1S/C16H23NO4/c1-11(16(19)20)10-13-4-6-14(7-5-13)12(2)15(18)17-8-9-21-3/h4-7,11-12H,8-10H2,1-3H3,(H,17,18)(H,19,20)/t11?,12-/m1/s1. The van der Waals surface area contributed by atoms with Crippen LogP contribution < -0.4 is 5.32 Å². The molecule has 0 saturated heterocycles. The number of carboxylic acids is 1. The van der Waals surface area contributed by atoms with Gasteiger partial charge in [0, 0.05) is 13.7 Å². The van der Waals surface area contributed by atoms with E-state index in [2.05, 4.69) is 5.32 Å². The largest absolute Gasteiger partial charge is 0.481 e. The second-order valence-electron chi connectivity index (χ2n) is 5.19. The van der Waals surface area contributed by atoms with Gasteiger partial charge in [-0.3, -0.25) is 9.59 Å². The zero-order valence-electron chi connectivity index (χ0n) is 12.8. The predicted octanol–water partition coefficient (Wildman–Crippen LogP) is 1.82. The molecular weight excluding hydrogens is 270 g/mol. The molecule has 1 unspecified atom stereocenters. The fourth-order valence-electron chi connectivity index (χ4n) is 1.96. The van der Waals surface area contributed by atoms with Gasteiger partial charge in [0.05, 0.1) is 18.4 Å². The van der Waals surface area contributed by atoms with E-state index in [4.69, 9.17) is 9.84 Å². The fraction of sp³-hybridized carbons (Fsp3) is 0.500. The Labute approximate surface area is 125 Å². The van der Waals surface area contributed by atoms with Crippen LogP contribution in [0.15, 0.2) is 24.3 Å². The third-order valence-electron chi connectivity index (χ3n) is 3.44. The van der Waals surface area contributed by atoms with E-state index < -0.39 is 11.9 Å². The van der Waals surface area contributed by atoms with E-state index in [1.807, 2.05) is 31.2 Å². The first kappa shape index (κ1) is 17.2. The highest BCUT2D eigenvalue weighted by molar-refractivity contribution is 5.83. The smallest absolute Gasteiger partial charge is 0.306 e. The topological polar surface area (TPSA) is 75.6 Å². The summed E-state index contributed by atoms with van der Waals surface area (Å²) in [6.45, 7) is 4.51. The van der Waals surface area contributed by atoms with Gasteiger partial charge in [-0.25, -0.2) is 0 Å². The first-order valence-electron chi connectivity index (χ1n) is 7.04. The minimum Gasteiger partial charge on any atom is -0.481 e. The van der Waals surface area contributed by atoms with Crippen LogP contribution in [0.25, 0.3) is 0 Å². The number of rotatable bonds is 8. The van der Waals surface area contributed by atoms with E-state index in [0.29, 0.717) is 19.6 Å². The quantitative estimate of drug-likeness (QED) is 0.717. The fourth-order valence-corrected chi connectivity index (χ4v) is 1.96. The maximum absolute atomic E-state index is 11.9. The number of nitrogens with one attached hydrogen (secondary N) is 1. The summed E-state index contributed by atoms with van der Waals surface area (Å²) in [5, 5.41) is 11.7. The van der Waals surface area contributed by atoms with E-state index in [9.17, 15) is 9.59 Å². The Morgan fingerprint density at radius 1 is 1.24 bits per heavy atom. The lowest BCUT2D eigenvalue weighted by Crippen LogP contribution is -2.30. The number of benzene rings is 1. The average Bonchev–Trinajstić information content (AvgIpc) is 2.47. The van der Waals surface area contributed by atoms with Crippen molar-refractivity contribution in [3.8, 4) is 0 Å². The lowest BCUT2D eigenvalue weighted by atomic mass is 9.96. The molecule has 0 aliphatic carbocycles. The Morgan fingerprint density at radius 2 is 1.86 bits per heavy atom. The molecule has 0 aromatic heterocycles. The van der Waals surface area contributed by atoms with Gasteiger partial charge in [-0.05, 0) is 24.5 Å². The summed E-state index contributed by atoms with van der Waals surface area (Å²) in [5.41, 5.74) is 1.87. The number of carboxylic acid groups (broad SMARTS) is 1. The van der Waals surface area contributed by atoms with E-state index in [1.165, 1.54) is 0 Å². The van der Waals surface area contributed by atoms with Gasteiger partial charge < -0.3 is 15.2 Å². The van der Waals surface area contributed by atoms with Crippen molar-refractivity contribution in [2.45, 2.75) is 26.2 Å². The lowest BCUT2D eigenvalue weighted by Gasteiger charge is -2.13. The van der Waals surface area contributed by atoms with E-state index in [0.717, 1.165) is 11.1 Å². The molecule has 1 rings (SSSR count). The van der Waals surface area contributed by atoms with Gasteiger partial charge in [-0.2, -0.15) is 0 Å². The number of hydrogen-bond donors (Lipinski definition) is 2. The second-order valence-corrected chi connectivity index (χ2v) is 5.19. The molecule has 0 saturated carbocycles. The third-order valence-corrected chi connectivity index (χ3v) is 3.44. The van der Waals surface area contributed by atoms with E-state index >= 15 is 0 Å². The molecule has 0 aliphatic rings. The van der Waals surface area contributed by atoms with Crippen molar-refractivity contribution in [2.24, 2.45) is 5.92 Å². The number of carbonyl (C=O) groups is 2. The molecular formula is C16H23NO4. The molecule has 21 heavy (non-hydrogen) atoms. The Hall–Kier alpha value is -1.88. The summed E-state index contributed by atoms with van der Waals surface area (Å²) >= 11 is 0. The van der Waals surface area contributed by atoms with Crippen LogP contribution >= 0.6 is 0 Å². The van der Waals surface area contributed by atoms with Crippen LogP contribution in [0, 0.1) is 5.92 Å². The highest BCUT2D eigenvalue weighted by Gasteiger charge is 2.15. The van der Waals surface area contributed by atoms with Gasteiger partial charge in [-0.1, -0.05) is 31.2 Å². The predicted molar refractivity (Wildman–Crippen MR) is 80.2 cm³/mol. The Kier molecular flexibility index (Phi) is 6.88. The summed E-state index contributed by atoms with van der Waals surface area (Å²) in [7, 11) is 1.59. The molecule has 5 nitrogen and oxygen atoms in total. The van der Waals surface area contributed by atoms with Crippen LogP contribution in [0.2, 0.25) is 0 Å². The Balaban J connectivity index is 2.60. The molecule has 2 atom stereocenters. The normalized spacial score (nSPS) is 13.5. The van der Waals surface area contributed by atoms with Crippen molar-refractivity contribution in [2.75, 3.05) is 20.3 Å². The molecule has 0 spiro atoms. The highest BCUT2D eigenvalue weighted by Crippen LogP contribution is 2.17. The number of aliphatic carboxylic acids is 1. The first-order chi connectivity index (χ1) is 9.95. The number of carbonyl (C=O) groups excluding carboxylic acids is 1. The molecule has 0 aliphatic heterocycles. The summed E-state index contributed by atoms with van der Waals surface area (Å²) in [6.07, 6.45) is 0.490. The molecule has 0 heterocycles. The number of hydrogen-bond acceptors (Lipinski definition) is 3. The summed E-state index contributed by atoms with van der Waals surface area (Å²) in [6, 6.07) is 7.52. The number of methoxy groups -OCH3 is 1. The van der Waals surface area contributed by atoms with Crippen molar-refractivity contribution in [3.05, 3.63) is 35.4 Å². The average molecular weight is 293 g/mol. The van der Waals surface area contributed by atoms with Crippen LogP contribution in [0.5, 0.6) is 0 Å². The Bertz CT molecular complexity index is 470. The van der Waals surface area contributed by atoms with Gasteiger partial charge in [0.15, 0.2) is 0 Å². The minimum atomic E-state index is -0.801. The molecule has 1 amide bonds. The van der Waals surface area contributed by atoms with Gasteiger partial charge in [0.25, 0.3) is 0 Å². The third kappa shape index (κ3) is 5.55. The molecule has 0 fully saturated rings. The summed E-state index contributed by atoms with van der Waals surface area (Å²) < 4.78 is 4.89. The van der Waals surface area contributed by atoms with Crippen LogP contribution in [-0.2, 0) is 20.7 Å². The molecule has 0 radical (unpaired) electrons. The SMILES string of the molecule is COCCNC(=O)[C@H](C)c1ccc(CC(C)C(=O)O)cc1. The molecule has 1 aromatic carbocycles. The van der Waals surface area contributed by atoms with E-state index in [1.54, 1.807) is 14.0 Å². The van der Waals surface area contributed by atoms with Crippen molar-refractivity contribution in [1.29, 1.82) is 0 Å². The molecule has 2 N–H and O–H groups in total. The maximum Gasteiger partial charge on any atom is 0.306 e. The summed E-state index contributed by atoms with van der Waals surface area (Å²) in [5.74, 6) is -1.50. The van der Waals surface area contributed by atoms with Crippen molar-refractivity contribution >= 4 is 11.9 Å². The maximum atomic E-state index is 11.9. The summed E-state index contributed by atoms with van der Waals surface area (Å²) in [4.78, 5) is 22.8. The van der Waals surface area contributed by atoms with Gasteiger partial charge in [0.1, 0.15) is 0 Å². The lowest BCUT2D eigenvalue weighted by molar-refractivity contribution is -0.141. The molecule has 0 bridgehead atoms. The monoisotopic (exact) mass is 293 g/mol. The second kappa shape index (κ2) is 8.42.